The monoisotopic (exact) mass is 216 g/mol. The zero-order valence-corrected chi connectivity index (χ0v) is 9.39. The Labute approximate surface area is 95.5 Å². The summed E-state index contributed by atoms with van der Waals surface area (Å²) < 4.78 is 7.56. The van der Waals surface area contributed by atoms with E-state index in [0.717, 1.165) is 17.0 Å². The lowest BCUT2D eigenvalue weighted by molar-refractivity contribution is 0.336. The minimum absolute atomic E-state index is 0.491. The fourth-order valence-electron chi connectivity index (χ4n) is 1.69. The topological polar surface area (TPSA) is 40.2 Å². The average molecular weight is 216 g/mol. The van der Waals surface area contributed by atoms with Crippen LogP contribution in [0.25, 0.3) is 5.69 Å². The predicted molar refractivity (Wildman–Crippen MR) is 64.8 cm³/mol. The van der Waals surface area contributed by atoms with Crippen molar-refractivity contribution in [3.63, 3.8) is 0 Å². The van der Waals surface area contributed by atoms with E-state index in [-0.39, 0.29) is 0 Å². The number of ether oxygens (including phenoxy) is 1. The van der Waals surface area contributed by atoms with Crippen molar-refractivity contribution in [2.45, 2.75) is 13.5 Å². The summed E-state index contributed by atoms with van der Waals surface area (Å²) in [5.41, 5.74) is 7.85. The Hall–Kier alpha value is -1.74. The highest BCUT2D eigenvalue weighted by atomic mass is 16.5. The summed E-state index contributed by atoms with van der Waals surface area (Å²) in [5, 5.41) is 0. The molecule has 0 fully saturated rings. The van der Waals surface area contributed by atoms with Gasteiger partial charge in [0.1, 0.15) is 5.75 Å². The first-order valence-corrected chi connectivity index (χ1v) is 5.44. The molecule has 0 spiro atoms. The highest BCUT2D eigenvalue weighted by Gasteiger charge is 2.03. The number of nitrogens with zero attached hydrogens (tertiary/aromatic N) is 1. The van der Waals surface area contributed by atoms with E-state index in [0.29, 0.717) is 13.2 Å². The quantitative estimate of drug-likeness (QED) is 0.852. The number of aromatic nitrogens is 1. The molecule has 0 aliphatic rings. The van der Waals surface area contributed by atoms with E-state index >= 15 is 0 Å². The van der Waals surface area contributed by atoms with Crippen LogP contribution in [0.1, 0.15) is 12.5 Å². The molecule has 3 heteroatoms. The second kappa shape index (κ2) is 4.86. The number of nitrogens with two attached hydrogens (primary N) is 1. The van der Waals surface area contributed by atoms with E-state index < -0.39 is 0 Å². The van der Waals surface area contributed by atoms with Crippen molar-refractivity contribution in [3.8, 4) is 11.4 Å². The van der Waals surface area contributed by atoms with E-state index in [2.05, 4.69) is 10.6 Å². The molecule has 1 heterocycles. The van der Waals surface area contributed by atoms with Crippen LogP contribution >= 0.6 is 0 Å². The molecule has 2 aromatic rings. The third-order valence-corrected chi connectivity index (χ3v) is 2.47. The molecule has 0 unspecified atom stereocenters. The summed E-state index contributed by atoms with van der Waals surface area (Å²) in [4.78, 5) is 0. The van der Waals surface area contributed by atoms with Gasteiger partial charge in [-0.2, -0.15) is 0 Å². The minimum atomic E-state index is 0.491. The van der Waals surface area contributed by atoms with Crippen LogP contribution in [0.2, 0.25) is 0 Å². The molecular formula is C13H16N2O. The molecule has 0 bridgehead atoms. The van der Waals surface area contributed by atoms with Gasteiger partial charge in [-0.1, -0.05) is 0 Å². The van der Waals surface area contributed by atoms with Crippen LogP contribution in [-0.2, 0) is 6.54 Å². The molecule has 0 radical (unpaired) electrons. The maximum Gasteiger partial charge on any atom is 0.123 e. The molecule has 0 amide bonds. The maximum absolute atomic E-state index is 5.71. The van der Waals surface area contributed by atoms with Crippen LogP contribution in [0.4, 0.5) is 0 Å². The number of hydrogen-bond acceptors (Lipinski definition) is 2. The van der Waals surface area contributed by atoms with Crippen molar-refractivity contribution in [2.75, 3.05) is 6.61 Å². The molecule has 84 valence electrons. The van der Waals surface area contributed by atoms with E-state index in [1.54, 1.807) is 0 Å². The lowest BCUT2D eigenvalue weighted by Gasteiger charge is -2.11. The van der Waals surface area contributed by atoms with Crippen LogP contribution in [0.15, 0.2) is 42.7 Å². The Balaban J connectivity index is 2.36. The molecule has 1 aromatic carbocycles. The molecule has 0 saturated carbocycles. The van der Waals surface area contributed by atoms with Gasteiger partial charge in [-0.15, -0.1) is 0 Å². The van der Waals surface area contributed by atoms with Gasteiger partial charge in [-0.25, -0.2) is 0 Å². The Morgan fingerprint density at radius 3 is 2.62 bits per heavy atom. The summed E-state index contributed by atoms with van der Waals surface area (Å²) >= 11 is 0. The van der Waals surface area contributed by atoms with Gasteiger partial charge in [0.25, 0.3) is 0 Å². The third-order valence-electron chi connectivity index (χ3n) is 2.47. The second-order valence-electron chi connectivity index (χ2n) is 3.52. The summed E-state index contributed by atoms with van der Waals surface area (Å²) in [5.74, 6) is 0.876. The van der Waals surface area contributed by atoms with Gasteiger partial charge in [0.2, 0.25) is 0 Å². The molecule has 0 atom stereocenters. The standard InChI is InChI=1S/C13H16N2O/c1-2-16-13-6-5-12(9-11(13)10-14)15-7-3-4-8-15/h3-9H,2,10,14H2,1H3. The fourth-order valence-corrected chi connectivity index (χ4v) is 1.69. The van der Waals surface area contributed by atoms with Gasteiger partial charge >= 0.3 is 0 Å². The summed E-state index contributed by atoms with van der Waals surface area (Å²) in [6.45, 7) is 3.13. The predicted octanol–water partition coefficient (Wildman–Crippen LogP) is 2.33. The van der Waals surface area contributed by atoms with Gasteiger partial charge < -0.3 is 15.0 Å². The average Bonchev–Trinajstić information content (AvgIpc) is 2.83. The van der Waals surface area contributed by atoms with Crippen molar-refractivity contribution in [1.29, 1.82) is 0 Å². The summed E-state index contributed by atoms with van der Waals surface area (Å²) in [6, 6.07) is 10.1. The molecule has 2 rings (SSSR count). The number of hydrogen-bond donors (Lipinski definition) is 1. The first kappa shape index (κ1) is 10.8. The van der Waals surface area contributed by atoms with Crippen LogP contribution in [0, 0.1) is 0 Å². The van der Waals surface area contributed by atoms with Crippen LogP contribution < -0.4 is 10.5 Å². The zero-order valence-electron chi connectivity index (χ0n) is 9.39. The van der Waals surface area contributed by atoms with E-state index in [4.69, 9.17) is 10.5 Å². The molecule has 0 aliphatic carbocycles. The maximum atomic E-state index is 5.71. The summed E-state index contributed by atoms with van der Waals surface area (Å²) in [6.07, 6.45) is 4.02. The Bertz CT molecular complexity index is 449. The molecular weight excluding hydrogens is 200 g/mol. The Morgan fingerprint density at radius 2 is 2.00 bits per heavy atom. The SMILES string of the molecule is CCOc1ccc(-n2cccc2)cc1CN. The lowest BCUT2D eigenvalue weighted by atomic mass is 10.1. The first-order valence-electron chi connectivity index (χ1n) is 5.44. The largest absolute Gasteiger partial charge is 0.494 e. The van der Waals surface area contributed by atoms with Crippen molar-refractivity contribution >= 4 is 0 Å². The van der Waals surface area contributed by atoms with Crippen LogP contribution in [-0.4, -0.2) is 11.2 Å². The fraction of sp³-hybridized carbons (Fsp3) is 0.231. The second-order valence-corrected chi connectivity index (χ2v) is 3.52. The van der Waals surface area contributed by atoms with E-state index in [9.17, 15) is 0 Å². The minimum Gasteiger partial charge on any atom is -0.494 e. The molecule has 0 aliphatic heterocycles. The van der Waals surface area contributed by atoms with Crippen molar-refractivity contribution in [2.24, 2.45) is 5.73 Å². The van der Waals surface area contributed by atoms with Gasteiger partial charge in [-0.05, 0) is 37.3 Å². The molecule has 3 nitrogen and oxygen atoms in total. The van der Waals surface area contributed by atoms with Crippen molar-refractivity contribution in [3.05, 3.63) is 48.3 Å². The number of benzene rings is 1. The van der Waals surface area contributed by atoms with Crippen molar-refractivity contribution in [1.82, 2.24) is 4.57 Å². The van der Waals surface area contributed by atoms with Gasteiger partial charge in [-0.3, -0.25) is 0 Å². The normalized spacial score (nSPS) is 10.4. The number of rotatable bonds is 4. The van der Waals surface area contributed by atoms with E-state index in [1.807, 2.05) is 43.6 Å². The van der Waals surface area contributed by atoms with Gasteiger partial charge in [0.15, 0.2) is 0 Å². The van der Waals surface area contributed by atoms with Gasteiger partial charge in [0, 0.05) is 30.2 Å². The first-order chi connectivity index (χ1) is 7.85. The van der Waals surface area contributed by atoms with Gasteiger partial charge in [0.05, 0.1) is 6.61 Å². The molecule has 1 aromatic heterocycles. The molecule has 2 N–H and O–H groups in total. The Kier molecular flexibility index (Phi) is 3.27. The van der Waals surface area contributed by atoms with Crippen LogP contribution in [0.3, 0.4) is 0 Å². The highest BCUT2D eigenvalue weighted by Crippen LogP contribution is 2.21. The van der Waals surface area contributed by atoms with E-state index in [1.165, 1.54) is 0 Å². The Morgan fingerprint density at radius 1 is 1.25 bits per heavy atom. The van der Waals surface area contributed by atoms with Crippen LogP contribution in [0.5, 0.6) is 5.75 Å². The lowest BCUT2D eigenvalue weighted by Crippen LogP contribution is -2.03. The third kappa shape index (κ3) is 2.09. The zero-order chi connectivity index (χ0) is 11.4. The van der Waals surface area contributed by atoms with Crippen molar-refractivity contribution < 1.29 is 4.74 Å². The molecule has 16 heavy (non-hydrogen) atoms. The summed E-state index contributed by atoms with van der Waals surface area (Å²) in [7, 11) is 0. The molecule has 0 saturated heterocycles. The smallest absolute Gasteiger partial charge is 0.123 e. The highest BCUT2D eigenvalue weighted by molar-refractivity contribution is 5.44.